The first-order valence-corrected chi connectivity index (χ1v) is 8.95. The second-order valence-electron chi connectivity index (χ2n) is 6.56. The average Bonchev–Trinajstić information content (AvgIpc) is 3.15. The summed E-state index contributed by atoms with van der Waals surface area (Å²) >= 11 is 0. The van der Waals surface area contributed by atoms with Crippen molar-refractivity contribution in [2.24, 2.45) is 0 Å². The van der Waals surface area contributed by atoms with E-state index in [-0.39, 0.29) is 5.91 Å². The first-order valence-electron chi connectivity index (χ1n) is 8.95. The van der Waals surface area contributed by atoms with E-state index in [4.69, 9.17) is 9.15 Å². The fraction of sp³-hybridized carbons (Fsp3) is 0.500. The molecule has 0 aliphatic carbocycles. The zero-order valence-corrected chi connectivity index (χ0v) is 14.9. The van der Waals surface area contributed by atoms with E-state index in [1.165, 1.54) is 6.26 Å². The monoisotopic (exact) mass is 357 g/mol. The lowest BCUT2D eigenvalue weighted by Gasteiger charge is -2.35. The third-order valence-corrected chi connectivity index (χ3v) is 4.84. The van der Waals surface area contributed by atoms with Crippen LogP contribution >= 0.6 is 0 Å². The average molecular weight is 357 g/mol. The molecule has 1 amide bonds. The van der Waals surface area contributed by atoms with Crippen LogP contribution < -0.4 is 9.80 Å². The van der Waals surface area contributed by atoms with E-state index in [2.05, 4.69) is 19.8 Å². The quantitative estimate of drug-likeness (QED) is 0.816. The predicted molar refractivity (Wildman–Crippen MR) is 96.6 cm³/mol. The van der Waals surface area contributed by atoms with Crippen LogP contribution in [0.15, 0.2) is 29.1 Å². The molecular weight excluding hydrogens is 334 g/mol. The number of furan rings is 1. The Balaban J connectivity index is 1.39. The van der Waals surface area contributed by atoms with Crippen molar-refractivity contribution in [2.45, 2.75) is 6.92 Å². The Labute approximate surface area is 152 Å². The van der Waals surface area contributed by atoms with Crippen LogP contribution in [0, 0.1) is 6.92 Å². The maximum Gasteiger partial charge on any atom is 0.257 e. The molecule has 26 heavy (non-hydrogen) atoms. The van der Waals surface area contributed by atoms with E-state index in [1.807, 2.05) is 17.9 Å². The van der Waals surface area contributed by atoms with E-state index in [0.717, 1.165) is 56.8 Å². The molecule has 2 fully saturated rings. The molecule has 2 aromatic heterocycles. The van der Waals surface area contributed by atoms with Crippen molar-refractivity contribution < 1.29 is 13.9 Å². The molecule has 0 spiro atoms. The lowest BCUT2D eigenvalue weighted by atomic mass is 10.2. The van der Waals surface area contributed by atoms with Gasteiger partial charge in [0.2, 0.25) is 0 Å². The van der Waals surface area contributed by atoms with Gasteiger partial charge in [0, 0.05) is 45.3 Å². The predicted octanol–water partition coefficient (Wildman–Crippen LogP) is 1.18. The van der Waals surface area contributed by atoms with Gasteiger partial charge in [-0.25, -0.2) is 9.97 Å². The summed E-state index contributed by atoms with van der Waals surface area (Å²) in [5.41, 5.74) is 0.618. The van der Waals surface area contributed by atoms with Crippen molar-refractivity contribution in [2.75, 3.05) is 62.3 Å². The first-order chi connectivity index (χ1) is 12.7. The number of ether oxygens (including phenoxy) is 1. The molecule has 0 N–H and O–H groups in total. The molecule has 0 unspecified atom stereocenters. The number of hydrogen-bond acceptors (Lipinski definition) is 7. The molecule has 0 aromatic carbocycles. The number of piperazine rings is 1. The lowest BCUT2D eigenvalue weighted by molar-refractivity contribution is 0.0746. The van der Waals surface area contributed by atoms with Gasteiger partial charge in [-0.3, -0.25) is 4.79 Å². The molecule has 2 saturated heterocycles. The highest BCUT2D eigenvalue weighted by Gasteiger charge is 2.24. The molecule has 2 aromatic rings. The van der Waals surface area contributed by atoms with Crippen LogP contribution in [0.4, 0.5) is 11.6 Å². The second kappa shape index (κ2) is 7.33. The van der Waals surface area contributed by atoms with Crippen molar-refractivity contribution in [3.8, 4) is 0 Å². The zero-order valence-electron chi connectivity index (χ0n) is 14.9. The number of amides is 1. The Morgan fingerprint density at radius 2 is 1.62 bits per heavy atom. The summed E-state index contributed by atoms with van der Waals surface area (Å²) in [4.78, 5) is 27.6. The molecule has 0 atom stereocenters. The summed E-state index contributed by atoms with van der Waals surface area (Å²) in [6.07, 6.45) is 3.15. The molecule has 138 valence electrons. The van der Waals surface area contributed by atoms with Gasteiger partial charge in [0.25, 0.3) is 5.91 Å². The van der Waals surface area contributed by atoms with Crippen LogP contribution in [0.3, 0.4) is 0 Å². The summed E-state index contributed by atoms with van der Waals surface area (Å²) in [6, 6.07) is 3.82. The van der Waals surface area contributed by atoms with Crippen molar-refractivity contribution >= 4 is 17.5 Å². The first kappa shape index (κ1) is 16.8. The van der Waals surface area contributed by atoms with Crippen LogP contribution in [0.2, 0.25) is 0 Å². The highest BCUT2D eigenvalue weighted by Crippen LogP contribution is 2.20. The van der Waals surface area contributed by atoms with Crippen LogP contribution in [0.1, 0.15) is 16.1 Å². The number of carbonyl (C=O) groups excluding carboxylic acids is 1. The van der Waals surface area contributed by atoms with Gasteiger partial charge in [-0.05, 0) is 13.0 Å². The molecule has 4 heterocycles. The van der Waals surface area contributed by atoms with Crippen LogP contribution in [-0.4, -0.2) is 73.3 Å². The molecule has 2 aliphatic heterocycles. The summed E-state index contributed by atoms with van der Waals surface area (Å²) < 4.78 is 10.6. The minimum atomic E-state index is 0.0261. The molecule has 4 rings (SSSR count). The Hall–Kier alpha value is -2.61. The fourth-order valence-electron chi connectivity index (χ4n) is 3.35. The van der Waals surface area contributed by atoms with E-state index in [1.54, 1.807) is 12.4 Å². The Morgan fingerprint density at radius 1 is 0.962 bits per heavy atom. The summed E-state index contributed by atoms with van der Waals surface area (Å²) in [5, 5.41) is 0. The third kappa shape index (κ3) is 3.50. The number of carbonyl (C=O) groups is 1. The minimum Gasteiger partial charge on any atom is -0.469 e. The van der Waals surface area contributed by atoms with Gasteiger partial charge in [0.05, 0.1) is 18.8 Å². The van der Waals surface area contributed by atoms with Crippen LogP contribution in [-0.2, 0) is 4.74 Å². The summed E-state index contributed by atoms with van der Waals surface area (Å²) in [5.74, 6) is 2.63. The van der Waals surface area contributed by atoms with Crippen molar-refractivity contribution in [1.29, 1.82) is 0 Å². The Kier molecular flexibility index (Phi) is 4.75. The summed E-state index contributed by atoms with van der Waals surface area (Å²) in [7, 11) is 0. The maximum absolute atomic E-state index is 12.5. The lowest BCUT2D eigenvalue weighted by Crippen LogP contribution is -2.49. The third-order valence-electron chi connectivity index (χ3n) is 4.84. The van der Waals surface area contributed by atoms with Gasteiger partial charge in [-0.1, -0.05) is 0 Å². The number of anilines is 2. The smallest absolute Gasteiger partial charge is 0.257 e. The van der Waals surface area contributed by atoms with Gasteiger partial charge >= 0.3 is 0 Å². The highest BCUT2D eigenvalue weighted by molar-refractivity contribution is 5.94. The standard InChI is InChI=1S/C18H23N5O3/c1-14-10-15(12-26-14)18(24)23-4-2-21(3-5-23)16-11-17(20-13-19-16)22-6-8-25-9-7-22/h10-13H,2-9H2,1H3. The normalized spacial score (nSPS) is 18.3. The molecule has 8 heteroatoms. The van der Waals surface area contributed by atoms with Crippen LogP contribution in [0.25, 0.3) is 0 Å². The van der Waals surface area contributed by atoms with E-state index in [0.29, 0.717) is 18.7 Å². The maximum atomic E-state index is 12.5. The largest absolute Gasteiger partial charge is 0.469 e. The number of aromatic nitrogens is 2. The number of rotatable bonds is 3. The minimum absolute atomic E-state index is 0.0261. The molecule has 0 saturated carbocycles. The van der Waals surface area contributed by atoms with Gasteiger partial charge in [0.1, 0.15) is 30.0 Å². The fourth-order valence-corrected chi connectivity index (χ4v) is 3.35. The van der Waals surface area contributed by atoms with Gasteiger partial charge < -0.3 is 23.9 Å². The van der Waals surface area contributed by atoms with Crippen molar-refractivity contribution in [3.63, 3.8) is 0 Å². The molecule has 0 bridgehead atoms. The van der Waals surface area contributed by atoms with Gasteiger partial charge in [-0.2, -0.15) is 0 Å². The van der Waals surface area contributed by atoms with E-state index in [9.17, 15) is 4.79 Å². The number of aryl methyl sites for hydroxylation is 1. The highest BCUT2D eigenvalue weighted by atomic mass is 16.5. The van der Waals surface area contributed by atoms with E-state index >= 15 is 0 Å². The van der Waals surface area contributed by atoms with Gasteiger partial charge in [0.15, 0.2) is 0 Å². The number of hydrogen-bond donors (Lipinski definition) is 0. The van der Waals surface area contributed by atoms with Gasteiger partial charge in [-0.15, -0.1) is 0 Å². The Bertz CT molecular complexity index is 764. The SMILES string of the molecule is Cc1cc(C(=O)N2CCN(c3cc(N4CCOCC4)ncn3)CC2)co1. The number of morpholine rings is 1. The molecule has 0 radical (unpaired) electrons. The number of nitrogens with zero attached hydrogens (tertiary/aromatic N) is 5. The molecule has 2 aliphatic rings. The summed E-state index contributed by atoms with van der Waals surface area (Å²) in [6.45, 7) is 7.84. The van der Waals surface area contributed by atoms with Crippen molar-refractivity contribution in [3.05, 3.63) is 36.0 Å². The second-order valence-corrected chi connectivity index (χ2v) is 6.56. The zero-order chi connectivity index (χ0) is 17.9. The Morgan fingerprint density at radius 3 is 2.23 bits per heavy atom. The van der Waals surface area contributed by atoms with Crippen molar-refractivity contribution in [1.82, 2.24) is 14.9 Å². The van der Waals surface area contributed by atoms with Crippen LogP contribution in [0.5, 0.6) is 0 Å². The topological polar surface area (TPSA) is 74.9 Å². The molecule has 8 nitrogen and oxygen atoms in total. The van der Waals surface area contributed by atoms with E-state index < -0.39 is 0 Å². The molecular formula is C18H23N5O3.